The van der Waals surface area contributed by atoms with Gasteiger partial charge in [0.25, 0.3) is 0 Å². The number of hydrogen-bond acceptors (Lipinski definition) is 4. The SMILES string of the molecule is COc1ccccc1CC(=O)N[C@H](Cc1ccccn1)C1CC(O)C1. The Balaban J connectivity index is 1.66. The molecular weight excluding hydrogens is 316 g/mol. The number of aliphatic hydroxyl groups excluding tert-OH is 1. The van der Waals surface area contributed by atoms with Crippen LogP contribution in [0.3, 0.4) is 0 Å². The van der Waals surface area contributed by atoms with Crippen LogP contribution in [0.25, 0.3) is 0 Å². The number of ether oxygens (including phenoxy) is 1. The zero-order chi connectivity index (χ0) is 17.6. The second kappa shape index (κ2) is 8.12. The molecule has 3 rings (SSSR count). The van der Waals surface area contributed by atoms with E-state index in [9.17, 15) is 9.90 Å². The van der Waals surface area contributed by atoms with Gasteiger partial charge in [-0.15, -0.1) is 0 Å². The number of carbonyl (C=O) groups excluding carboxylic acids is 1. The summed E-state index contributed by atoms with van der Waals surface area (Å²) in [6.45, 7) is 0. The Kier molecular flexibility index (Phi) is 5.66. The molecule has 5 heteroatoms. The summed E-state index contributed by atoms with van der Waals surface area (Å²) in [6, 6.07) is 13.3. The number of methoxy groups -OCH3 is 1. The molecule has 132 valence electrons. The minimum Gasteiger partial charge on any atom is -0.496 e. The number of pyridine rings is 1. The third kappa shape index (κ3) is 4.57. The van der Waals surface area contributed by atoms with E-state index in [0.717, 1.165) is 29.8 Å². The lowest BCUT2D eigenvalue weighted by molar-refractivity contribution is -0.122. The highest BCUT2D eigenvalue weighted by atomic mass is 16.5. The first-order valence-corrected chi connectivity index (χ1v) is 8.65. The average Bonchev–Trinajstić information content (AvgIpc) is 2.60. The van der Waals surface area contributed by atoms with Crippen molar-refractivity contribution in [3.63, 3.8) is 0 Å². The molecular formula is C20H24N2O3. The zero-order valence-electron chi connectivity index (χ0n) is 14.4. The molecule has 1 fully saturated rings. The third-order valence-electron chi connectivity index (χ3n) is 4.76. The molecule has 0 unspecified atom stereocenters. The van der Waals surface area contributed by atoms with Gasteiger partial charge < -0.3 is 15.2 Å². The van der Waals surface area contributed by atoms with Crippen molar-refractivity contribution < 1.29 is 14.6 Å². The van der Waals surface area contributed by atoms with E-state index in [4.69, 9.17) is 4.74 Å². The smallest absolute Gasteiger partial charge is 0.224 e. The number of carbonyl (C=O) groups is 1. The summed E-state index contributed by atoms with van der Waals surface area (Å²) in [5.74, 6) is 0.975. The number of hydrogen-bond donors (Lipinski definition) is 2. The Morgan fingerprint density at radius 1 is 1.28 bits per heavy atom. The van der Waals surface area contributed by atoms with Gasteiger partial charge in [-0.1, -0.05) is 24.3 Å². The largest absolute Gasteiger partial charge is 0.496 e. The molecule has 0 saturated heterocycles. The fraction of sp³-hybridized carbons (Fsp3) is 0.400. The Labute approximate surface area is 148 Å². The number of nitrogens with zero attached hydrogens (tertiary/aromatic N) is 1. The number of aliphatic hydroxyl groups is 1. The molecule has 1 amide bonds. The van der Waals surface area contributed by atoms with E-state index in [0.29, 0.717) is 12.3 Å². The molecule has 0 radical (unpaired) electrons. The van der Waals surface area contributed by atoms with Crippen molar-refractivity contribution in [2.75, 3.05) is 7.11 Å². The average molecular weight is 340 g/mol. The predicted molar refractivity (Wildman–Crippen MR) is 95.3 cm³/mol. The number of nitrogens with one attached hydrogen (secondary N) is 1. The van der Waals surface area contributed by atoms with E-state index in [2.05, 4.69) is 10.3 Å². The second-order valence-electron chi connectivity index (χ2n) is 6.57. The Bertz CT molecular complexity index is 699. The molecule has 1 aliphatic carbocycles. The van der Waals surface area contributed by atoms with Crippen LogP contribution >= 0.6 is 0 Å². The van der Waals surface area contributed by atoms with Crippen LogP contribution < -0.4 is 10.1 Å². The first kappa shape index (κ1) is 17.4. The van der Waals surface area contributed by atoms with Crippen LogP contribution in [-0.2, 0) is 17.6 Å². The Morgan fingerprint density at radius 2 is 2.04 bits per heavy atom. The van der Waals surface area contributed by atoms with E-state index >= 15 is 0 Å². The Morgan fingerprint density at radius 3 is 2.72 bits per heavy atom. The molecule has 0 bridgehead atoms. The standard InChI is InChI=1S/C20H24N2O3/c1-25-19-8-3-2-6-14(19)12-20(24)22-18(15-10-17(23)11-15)13-16-7-4-5-9-21-16/h2-9,15,17-18,23H,10-13H2,1H3,(H,22,24)/t15?,17?,18-/m1/s1. The topological polar surface area (TPSA) is 71.5 Å². The fourth-order valence-corrected chi connectivity index (χ4v) is 3.32. The van der Waals surface area contributed by atoms with Gasteiger partial charge in [0.05, 0.1) is 19.6 Å². The second-order valence-corrected chi connectivity index (χ2v) is 6.57. The van der Waals surface area contributed by atoms with Gasteiger partial charge >= 0.3 is 0 Å². The van der Waals surface area contributed by atoms with Crippen LogP contribution in [0.2, 0.25) is 0 Å². The van der Waals surface area contributed by atoms with Crippen LogP contribution in [0.1, 0.15) is 24.1 Å². The summed E-state index contributed by atoms with van der Waals surface area (Å²) in [6.07, 6.45) is 3.92. The van der Waals surface area contributed by atoms with E-state index in [1.165, 1.54) is 0 Å². The maximum absolute atomic E-state index is 12.6. The van der Waals surface area contributed by atoms with Gasteiger partial charge in [-0.05, 0) is 37.0 Å². The molecule has 2 N–H and O–H groups in total. The molecule has 1 aliphatic rings. The fourth-order valence-electron chi connectivity index (χ4n) is 3.32. The molecule has 1 aromatic carbocycles. The molecule has 1 aromatic heterocycles. The van der Waals surface area contributed by atoms with Gasteiger partial charge in [0.1, 0.15) is 5.75 Å². The number of para-hydroxylation sites is 1. The van der Waals surface area contributed by atoms with Crippen LogP contribution in [0.5, 0.6) is 5.75 Å². The van der Waals surface area contributed by atoms with E-state index in [-0.39, 0.29) is 24.5 Å². The van der Waals surface area contributed by atoms with Crippen LogP contribution in [0.15, 0.2) is 48.7 Å². The highest BCUT2D eigenvalue weighted by Gasteiger charge is 2.35. The summed E-state index contributed by atoms with van der Waals surface area (Å²) in [5.41, 5.74) is 1.82. The molecule has 5 nitrogen and oxygen atoms in total. The van der Waals surface area contributed by atoms with Crippen molar-refractivity contribution in [1.82, 2.24) is 10.3 Å². The number of rotatable bonds is 7. The molecule has 1 heterocycles. The minimum absolute atomic E-state index is 0.0134. The molecule has 0 spiro atoms. The van der Waals surface area contributed by atoms with Crippen molar-refractivity contribution in [1.29, 1.82) is 0 Å². The lowest BCUT2D eigenvalue weighted by Crippen LogP contribution is -2.48. The first-order valence-electron chi connectivity index (χ1n) is 8.65. The van der Waals surface area contributed by atoms with Crippen molar-refractivity contribution in [2.45, 2.75) is 37.8 Å². The van der Waals surface area contributed by atoms with E-state index < -0.39 is 0 Å². The van der Waals surface area contributed by atoms with Crippen LogP contribution in [-0.4, -0.2) is 35.3 Å². The lowest BCUT2D eigenvalue weighted by atomic mass is 9.76. The molecule has 1 saturated carbocycles. The quantitative estimate of drug-likeness (QED) is 0.810. The molecule has 25 heavy (non-hydrogen) atoms. The molecule has 1 atom stereocenters. The normalized spacial score (nSPS) is 20.4. The lowest BCUT2D eigenvalue weighted by Gasteiger charge is -2.38. The van der Waals surface area contributed by atoms with Crippen molar-refractivity contribution in [3.05, 3.63) is 59.9 Å². The number of amides is 1. The third-order valence-corrected chi connectivity index (χ3v) is 4.76. The molecule has 2 aromatic rings. The van der Waals surface area contributed by atoms with Crippen LogP contribution in [0.4, 0.5) is 0 Å². The van der Waals surface area contributed by atoms with Gasteiger partial charge in [0.2, 0.25) is 5.91 Å². The minimum atomic E-state index is -0.248. The maximum atomic E-state index is 12.6. The monoisotopic (exact) mass is 340 g/mol. The summed E-state index contributed by atoms with van der Waals surface area (Å²) < 4.78 is 5.32. The van der Waals surface area contributed by atoms with Crippen molar-refractivity contribution >= 4 is 5.91 Å². The van der Waals surface area contributed by atoms with Gasteiger partial charge in [0, 0.05) is 29.9 Å². The highest BCUT2D eigenvalue weighted by molar-refractivity contribution is 5.79. The summed E-state index contributed by atoms with van der Waals surface area (Å²) in [4.78, 5) is 16.9. The van der Waals surface area contributed by atoms with Crippen LogP contribution in [0, 0.1) is 5.92 Å². The predicted octanol–water partition coefficient (Wildman–Crippen LogP) is 2.13. The zero-order valence-corrected chi connectivity index (χ0v) is 14.4. The van der Waals surface area contributed by atoms with Gasteiger partial charge in [0.15, 0.2) is 0 Å². The van der Waals surface area contributed by atoms with E-state index in [1.54, 1.807) is 13.3 Å². The number of benzene rings is 1. The highest BCUT2D eigenvalue weighted by Crippen LogP contribution is 2.31. The first-order chi connectivity index (χ1) is 12.2. The molecule has 0 aliphatic heterocycles. The Hall–Kier alpha value is -2.40. The van der Waals surface area contributed by atoms with Gasteiger partial charge in [-0.3, -0.25) is 9.78 Å². The van der Waals surface area contributed by atoms with Gasteiger partial charge in [-0.25, -0.2) is 0 Å². The number of aromatic nitrogens is 1. The van der Waals surface area contributed by atoms with Crippen molar-refractivity contribution in [2.24, 2.45) is 5.92 Å². The summed E-state index contributed by atoms with van der Waals surface area (Å²) in [7, 11) is 1.61. The summed E-state index contributed by atoms with van der Waals surface area (Å²) in [5, 5.41) is 12.8. The van der Waals surface area contributed by atoms with Gasteiger partial charge in [-0.2, -0.15) is 0 Å². The summed E-state index contributed by atoms with van der Waals surface area (Å²) >= 11 is 0. The van der Waals surface area contributed by atoms with Crippen molar-refractivity contribution in [3.8, 4) is 5.75 Å². The van der Waals surface area contributed by atoms with E-state index in [1.807, 2.05) is 42.5 Å². The maximum Gasteiger partial charge on any atom is 0.224 e.